The predicted octanol–water partition coefficient (Wildman–Crippen LogP) is 6.78. The molecule has 0 unspecified atom stereocenters. The predicted molar refractivity (Wildman–Crippen MR) is 154 cm³/mol. The highest BCUT2D eigenvalue weighted by Gasteiger charge is 2.50. The van der Waals surface area contributed by atoms with Gasteiger partial charge in [0.2, 0.25) is 0 Å². The van der Waals surface area contributed by atoms with E-state index in [9.17, 15) is 23.3 Å². The zero-order chi connectivity index (χ0) is 27.9. The second-order valence-electron chi connectivity index (χ2n) is 13.0. The quantitative estimate of drug-likeness (QED) is 0.207. The number of nitro benzene ring substituents is 1. The van der Waals surface area contributed by atoms with Gasteiger partial charge in [0.25, 0.3) is 21.6 Å². The van der Waals surface area contributed by atoms with Gasteiger partial charge in [-0.25, -0.2) is 13.1 Å². The van der Waals surface area contributed by atoms with Gasteiger partial charge >= 0.3 is 0 Å². The fourth-order valence-corrected chi connectivity index (χ4v) is 9.52. The highest BCUT2D eigenvalue weighted by Crippen LogP contribution is 2.60. The molecule has 0 heterocycles. The van der Waals surface area contributed by atoms with Gasteiger partial charge in [-0.3, -0.25) is 14.9 Å². The second-order valence-corrected chi connectivity index (χ2v) is 14.6. The number of hydrogen-bond acceptors (Lipinski definition) is 6. The monoisotopic (exact) mass is 565 g/mol. The van der Waals surface area contributed by atoms with Crippen molar-refractivity contribution in [2.75, 3.05) is 11.9 Å². The van der Waals surface area contributed by atoms with E-state index in [1.54, 1.807) is 12.1 Å². The van der Waals surface area contributed by atoms with Crippen LogP contribution in [-0.2, 0) is 10.0 Å². The third-order valence-electron chi connectivity index (χ3n) is 10.0. The molecule has 5 fully saturated rings. The maximum atomic E-state index is 13.1. The average molecular weight is 566 g/mol. The van der Waals surface area contributed by atoms with Gasteiger partial charge < -0.3 is 5.32 Å². The minimum absolute atomic E-state index is 0.174. The van der Waals surface area contributed by atoms with Crippen LogP contribution in [0, 0.1) is 33.3 Å². The number of amides is 1. The van der Waals surface area contributed by atoms with E-state index in [4.69, 9.17) is 0 Å². The molecule has 0 saturated heterocycles. The SMILES string of the molecule is O=C(NS(=O)(=O)c1ccc(NCC23CC4CC(CC(C4)C2)C3)c([N+](=O)[O-])c1)c1ccc(C2CCCCCC2)cc1. The summed E-state index contributed by atoms with van der Waals surface area (Å²) >= 11 is 0. The van der Waals surface area contributed by atoms with Gasteiger partial charge in [-0.15, -0.1) is 0 Å². The van der Waals surface area contributed by atoms with Crippen LogP contribution in [-0.4, -0.2) is 25.8 Å². The Morgan fingerprint density at radius 3 is 2.08 bits per heavy atom. The molecule has 0 radical (unpaired) electrons. The molecule has 0 aromatic heterocycles. The van der Waals surface area contributed by atoms with Crippen LogP contribution in [0.3, 0.4) is 0 Å². The number of hydrogen-bond donors (Lipinski definition) is 2. The summed E-state index contributed by atoms with van der Waals surface area (Å²) in [4.78, 5) is 23.9. The van der Waals surface area contributed by atoms with Crippen molar-refractivity contribution < 1.29 is 18.1 Å². The fourth-order valence-electron chi connectivity index (χ4n) is 8.53. The lowest BCUT2D eigenvalue weighted by atomic mass is 9.49. The summed E-state index contributed by atoms with van der Waals surface area (Å²) in [7, 11) is -4.30. The largest absolute Gasteiger partial charge is 0.379 e. The van der Waals surface area contributed by atoms with Crippen LogP contribution in [0.2, 0.25) is 0 Å². The van der Waals surface area contributed by atoms with Gasteiger partial charge in [0.05, 0.1) is 9.82 Å². The van der Waals surface area contributed by atoms with Gasteiger partial charge in [-0.1, -0.05) is 37.8 Å². The Morgan fingerprint density at radius 2 is 1.50 bits per heavy atom. The first-order valence-corrected chi connectivity index (χ1v) is 16.4. The van der Waals surface area contributed by atoms with Gasteiger partial charge in [-0.2, -0.15) is 0 Å². The first-order chi connectivity index (χ1) is 19.2. The number of nitrogens with zero attached hydrogens (tertiary/aromatic N) is 1. The number of nitrogens with one attached hydrogen (secondary N) is 2. The number of carbonyl (C=O) groups excluding carboxylic acids is 1. The van der Waals surface area contributed by atoms with Crippen LogP contribution >= 0.6 is 0 Å². The first-order valence-electron chi connectivity index (χ1n) is 14.9. The summed E-state index contributed by atoms with van der Waals surface area (Å²) in [5.74, 6) is 2.03. The summed E-state index contributed by atoms with van der Waals surface area (Å²) in [6.45, 7) is 0.664. The van der Waals surface area contributed by atoms with Gasteiger partial charge in [-0.05, 0) is 110 Å². The van der Waals surface area contributed by atoms with E-state index in [1.807, 2.05) is 12.1 Å². The minimum Gasteiger partial charge on any atom is -0.379 e. The van der Waals surface area contributed by atoms with Crippen molar-refractivity contribution in [3.63, 3.8) is 0 Å². The van der Waals surface area contributed by atoms with Crippen molar-refractivity contribution in [1.82, 2.24) is 4.72 Å². The van der Waals surface area contributed by atoms with E-state index >= 15 is 0 Å². The molecule has 2 aromatic carbocycles. The molecule has 5 aliphatic carbocycles. The smallest absolute Gasteiger partial charge is 0.293 e. The van der Waals surface area contributed by atoms with E-state index in [0.717, 1.165) is 36.7 Å². The van der Waals surface area contributed by atoms with Gasteiger partial charge in [0.15, 0.2) is 0 Å². The van der Waals surface area contributed by atoms with Gasteiger partial charge in [0.1, 0.15) is 5.69 Å². The summed E-state index contributed by atoms with van der Waals surface area (Å²) in [6.07, 6.45) is 14.6. The summed E-state index contributed by atoms with van der Waals surface area (Å²) in [5, 5.41) is 15.2. The van der Waals surface area contributed by atoms with E-state index in [-0.39, 0.29) is 21.6 Å². The lowest BCUT2D eigenvalue weighted by Crippen LogP contribution is -2.49. The molecule has 2 aromatic rings. The molecule has 40 heavy (non-hydrogen) atoms. The maximum absolute atomic E-state index is 13.1. The Labute approximate surface area is 236 Å². The Hall–Kier alpha value is -2.94. The number of sulfonamides is 1. The summed E-state index contributed by atoms with van der Waals surface area (Å²) < 4.78 is 28.2. The molecule has 5 saturated carbocycles. The van der Waals surface area contributed by atoms with Crippen molar-refractivity contribution in [3.05, 3.63) is 63.7 Å². The van der Waals surface area contributed by atoms with E-state index in [0.29, 0.717) is 18.2 Å². The highest BCUT2D eigenvalue weighted by atomic mass is 32.2. The van der Waals surface area contributed by atoms with E-state index in [2.05, 4.69) is 10.0 Å². The molecule has 2 N–H and O–H groups in total. The van der Waals surface area contributed by atoms with Crippen molar-refractivity contribution in [2.24, 2.45) is 23.2 Å². The zero-order valence-electron chi connectivity index (χ0n) is 22.9. The molecule has 8 nitrogen and oxygen atoms in total. The van der Waals surface area contributed by atoms with Crippen LogP contribution in [0.5, 0.6) is 0 Å². The lowest BCUT2D eigenvalue weighted by molar-refractivity contribution is -0.384. The minimum atomic E-state index is -4.30. The van der Waals surface area contributed by atoms with Crippen LogP contribution in [0.4, 0.5) is 11.4 Å². The average Bonchev–Trinajstić information content (AvgIpc) is 3.21. The Morgan fingerprint density at radius 1 is 0.900 bits per heavy atom. The van der Waals surface area contributed by atoms with E-state index in [1.165, 1.54) is 81.9 Å². The molecule has 0 aliphatic heterocycles. The highest BCUT2D eigenvalue weighted by molar-refractivity contribution is 7.90. The first kappa shape index (κ1) is 27.2. The van der Waals surface area contributed by atoms with Crippen molar-refractivity contribution in [3.8, 4) is 0 Å². The van der Waals surface area contributed by atoms with Crippen molar-refractivity contribution >= 4 is 27.3 Å². The topological polar surface area (TPSA) is 118 Å². The normalized spacial score (nSPS) is 28.1. The summed E-state index contributed by atoms with van der Waals surface area (Å²) in [5.41, 5.74) is 1.61. The second kappa shape index (κ2) is 10.8. The van der Waals surface area contributed by atoms with Gasteiger partial charge in [0, 0.05) is 18.2 Å². The number of benzene rings is 2. The maximum Gasteiger partial charge on any atom is 0.293 e. The molecule has 4 bridgehead atoms. The molecule has 0 spiro atoms. The Balaban J connectivity index is 1.14. The number of rotatable bonds is 8. The number of anilines is 1. The van der Waals surface area contributed by atoms with Crippen LogP contribution < -0.4 is 10.0 Å². The van der Waals surface area contributed by atoms with Crippen molar-refractivity contribution in [1.29, 1.82) is 0 Å². The number of nitro groups is 1. The lowest BCUT2D eigenvalue weighted by Gasteiger charge is -2.57. The standard InChI is InChI=1S/C31H39N3O5S/c35-30(26-9-7-25(8-10-26)24-5-3-1-2-4-6-24)33-40(38,39)27-11-12-28(29(16-27)34(36)37)32-20-31-17-21-13-22(18-31)15-23(14-21)19-31/h7-12,16,21-24,32H,1-6,13-15,17-20H2,(H,33,35). The third-order valence-corrected chi connectivity index (χ3v) is 11.4. The molecule has 214 valence electrons. The summed E-state index contributed by atoms with van der Waals surface area (Å²) in [6, 6.07) is 11.0. The molecule has 1 amide bonds. The molecular formula is C31H39N3O5S. The van der Waals surface area contributed by atoms with Crippen molar-refractivity contribution in [2.45, 2.75) is 87.9 Å². The third kappa shape index (κ3) is 5.62. The molecule has 0 atom stereocenters. The zero-order valence-corrected chi connectivity index (χ0v) is 23.8. The van der Waals surface area contributed by atoms with E-state index < -0.39 is 20.9 Å². The molecule has 9 heteroatoms. The Bertz CT molecular complexity index is 1340. The fraction of sp³-hybridized carbons (Fsp3) is 0.581. The Kier molecular flexibility index (Phi) is 7.36. The molecule has 7 rings (SSSR count). The number of carbonyl (C=O) groups is 1. The molecule has 5 aliphatic rings. The van der Waals surface area contributed by atoms with Crippen LogP contribution in [0.25, 0.3) is 0 Å². The molecular weight excluding hydrogens is 526 g/mol. The van der Waals surface area contributed by atoms with Crippen LogP contribution in [0.15, 0.2) is 47.4 Å². The van der Waals surface area contributed by atoms with Crippen LogP contribution in [0.1, 0.15) is 98.9 Å².